The number of hydrogen-bond acceptors (Lipinski definition) is 6. The van der Waals surface area contributed by atoms with E-state index in [1.54, 1.807) is 0 Å². The molecule has 0 unspecified atom stereocenters. The van der Waals surface area contributed by atoms with Crippen LogP contribution in [-0.2, 0) is 0 Å². The Labute approximate surface area is 103 Å². The second kappa shape index (κ2) is 3.92. The minimum Gasteiger partial charge on any atom is -0.382 e. The first kappa shape index (κ1) is 10.4. The highest BCUT2D eigenvalue weighted by Crippen LogP contribution is 2.23. The molecule has 0 aliphatic heterocycles. The summed E-state index contributed by atoms with van der Waals surface area (Å²) < 4.78 is 0. The number of rotatable bonds is 1. The summed E-state index contributed by atoms with van der Waals surface area (Å²) in [5.74, 6) is 0.482. The average Bonchev–Trinajstić information content (AvgIpc) is 2.39. The van der Waals surface area contributed by atoms with Crippen molar-refractivity contribution in [3.8, 4) is 11.3 Å². The third-order valence-electron chi connectivity index (χ3n) is 2.52. The van der Waals surface area contributed by atoms with Gasteiger partial charge in [0, 0.05) is 5.56 Å². The molecule has 0 saturated carbocycles. The van der Waals surface area contributed by atoms with Crippen molar-refractivity contribution in [2.45, 2.75) is 0 Å². The number of benzene rings is 1. The van der Waals surface area contributed by atoms with E-state index < -0.39 is 0 Å². The molecule has 0 aliphatic rings. The molecule has 0 fully saturated rings. The number of nitrogens with zero attached hydrogens (tertiary/aromatic N) is 4. The number of fused-ring (bicyclic) bond motifs is 1. The first-order chi connectivity index (χ1) is 8.74. The van der Waals surface area contributed by atoms with Crippen molar-refractivity contribution in [1.29, 1.82) is 0 Å². The van der Waals surface area contributed by atoms with Gasteiger partial charge in [0.05, 0.1) is 6.20 Å². The summed E-state index contributed by atoms with van der Waals surface area (Å²) in [5.41, 5.74) is 13.9. The smallest absolute Gasteiger partial charge is 0.222 e. The van der Waals surface area contributed by atoms with E-state index in [1.165, 1.54) is 6.20 Å². The van der Waals surface area contributed by atoms with Gasteiger partial charge in [0.2, 0.25) is 5.95 Å². The molecule has 3 aromatic rings. The van der Waals surface area contributed by atoms with Gasteiger partial charge in [-0.25, -0.2) is 15.0 Å². The fraction of sp³-hybridized carbons (Fsp3) is 0. The summed E-state index contributed by atoms with van der Waals surface area (Å²) in [6.07, 6.45) is 1.54. The Kier molecular flexibility index (Phi) is 2.26. The molecule has 2 heterocycles. The first-order valence-corrected chi connectivity index (χ1v) is 5.35. The Balaban J connectivity index is 2.25. The van der Waals surface area contributed by atoms with Crippen LogP contribution in [-0.4, -0.2) is 19.9 Å². The summed E-state index contributed by atoms with van der Waals surface area (Å²) in [7, 11) is 0. The lowest BCUT2D eigenvalue weighted by molar-refractivity contribution is 1.17. The highest BCUT2D eigenvalue weighted by Gasteiger charge is 2.09. The Bertz CT molecular complexity index is 710. The fourth-order valence-corrected chi connectivity index (χ4v) is 1.69. The lowest BCUT2D eigenvalue weighted by atomic mass is 10.1. The van der Waals surface area contributed by atoms with Gasteiger partial charge in [-0.3, -0.25) is 0 Å². The minimum atomic E-state index is 0.156. The quantitative estimate of drug-likeness (QED) is 0.661. The van der Waals surface area contributed by atoms with Crippen LogP contribution in [0, 0.1) is 0 Å². The van der Waals surface area contributed by atoms with Gasteiger partial charge in [0.1, 0.15) is 11.2 Å². The average molecular weight is 238 g/mol. The van der Waals surface area contributed by atoms with Crippen molar-refractivity contribution in [1.82, 2.24) is 19.9 Å². The molecular formula is C12H10N6. The molecule has 1 aromatic carbocycles. The largest absolute Gasteiger partial charge is 0.382 e. The minimum absolute atomic E-state index is 0.156. The van der Waals surface area contributed by atoms with Crippen molar-refractivity contribution in [2.75, 3.05) is 11.5 Å². The van der Waals surface area contributed by atoms with Crippen molar-refractivity contribution in [3.63, 3.8) is 0 Å². The van der Waals surface area contributed by atoms with Gasteiger partial charge in [0.15, 0.2) is 11.5 Å². The summed E-state index contributed by atoms with van der Waals surface area (Å²) >= 11 is 0. The Morgan fingerprint density at radius 3 is 2.44 bits per heavy atom. The zero-order chi connectivity index (χ0) is 12.5. The molecule has 18 heavy (non-hydrogen) atoms. The first-order valence-electron chi connectivity index (χ1n) is 5.35. The molecule has 4 N–H and O–H groups in total. The number of hydrogen-bond donors (Lipinski definition) is 2. The van der Waals surface area contributed by atoms with E-state index in [0.29, 0.717) is 22.7 Å². The number of aromatic nitrogens is 4. The maximum absolute atomic E-state index is 5.89. The summed E-state index contributed by atoms with van der Waals surface area (Å²) in [6.45, 7) is 0. The lowest BCUT2D eigenvalue weighted by Gasteiger charge is -2.05. The third kappa shape index (κ3) is 1.69. The van der Waals surface area contributed by atoms with Crippen LogP contribution >= 0.6 is 0 Å². The van der Waals surface area contributed by atoms with E-state index in [4.69, 9.17) is 11.5 Å². The van der Waals surface area contributed by atoms with Crippen LogP contribution in [0.25, 0.3) is 22.4 Å². The second-order valence-corrected chi connectivity index (χ2v) is 3.76. The Morgan fingerprint density at radius 2 is 1.67 bits per heavy atom. The van der Waals surface area contributed by atoms with Crippen LogP contribution in [0.5, 0.6) is 0 Å². The van der Waals surface area contributed by atoms with Crippen LogP contribution in [0.2, 0.25) is 0 Å². The zero-order valence-electron chi connectivity index (χ0n) is 9.41. The molecule has 6 nitrogen and oxygen atoms in total. The molecule has 0 bridgehead atoms. The molecule has 6 heteroatoms. The van der Waals surface area contributed by atoms with Crippen LogP contribution < -0.4 is 11.5 Å². The molecule has 0 amide bonds. The lowest BCUT2D eigenvalue weighted by Crippen LogP contribution is -2.02. The molecule has 88 valence electrons. The molecule has 2 aromatic heterocycles. The summed E-state index contributed by atoms with van der Waals surface area (Å²) in [6, 6.07) is 9.60. The molecule has 0 spiro atoms. The van der Waals surface area contributed by atoms with Gasteiger partial charge < -0.3 is 11.5 Å². The molecule has 0 radical (unpaired) electrons. The van der Waals surface area contributed by atoms with Crippen molar-refractivity contribution < 1.29 is 0 Å². The predicted molar refractivity (Wildman–Crippen MR) is 69.4 cm³/mol. The van der Waals surface area contributed by atoms with Gasteiger partial charge >= 0.3 is 0 Å². The van der Waals surface area contributed by atoms with E-state index in [0.717, 1.165) is 5.56 Å². The van der Waals surface area contributed by atoms with Crippen LogP contribution in [0.4, 0.5) is 11.8 Å². The third-order valence-corrected chi connectivity index (χ3v) is 2.52. The predicted octanol–water partition coefficient (Wildman–Crippen LogP) is 1.25. The van der Waals surface area contributed by atoms with Gasteiger partial charge in [0.25, 0.3) is 0 Å². The van der Waals surface area contributed by atoms with Crippen LogP contribution in [0.15, 0.2) is 36.5 Å². The van der Waals surface area contributed by atoms with E-state index >= 15 is 0 Å². The maximum atomic E-state index is 5.89. The SMILES string of the molecule is Nc1ncc2nc(-c3ccccc3)c(N)nc2n1. The van der Waals surface area contributed by atoms with Gasteiger partial charge in [-0.2, -0.15) is 4.98 Å². The maximum Gasteiger partial charge on any atom is 0.222 e. The highest BCUT2D eigenvalue weighted by atomic mass is 15.1. The standard InChI is InChI=1S/C12H10N6/c13-10-9(7-4-2-1-3-5-7)16-8-6-15-12(14)18-11(8)17-10/h1-6H,(H4,13,14,15,17,18). The van der Waals surface area contributed by atoms with E-state index in [9.17, 15) is 0 Å². The summed E-state index contributed by atoms with van der Waals surface area (Å²) in [5, 5.41) is 0. The van der Waals surface area contributed by atoms with Crippen LogP contribution in [0.3, 0.4) is 0 Å². The number of nitrogen functional groups attached to an aromatic ring is 2. The van der Waals surface area contributed by atoms with Gasteiger partial charge in [-0.15, -0.1) is 0 Å². The van der Waals surface area contributed by atoms with E-state index in [1.807, 2.05) is 30.3 Å². The highest BCUT2D eigenvalue weighted by molar-refractivity contribution is 5.79. The molecule has 0 atom stereocenters. The van der Waals surface area contributed by atoms with Crippen molar-refractivity contribution >= 4 is 22.9 Å². The topological polar surface area (TPSA) is 104 Å². The zero-order valence-corrected chi connectivity index (χ0v) is 9.41. The van der Waals surface area contributed by atoms with E-state index in [-0.39, 0.29) is 5.95 Å². The molecule has 3 rings (SSSR count). The summed E-state index contributed by atoms with van der Waals surface area (Å²) in [4.78, 5) is 16.5. The Morgan fingerprint density at radius 1 is 0.889 bits per heavy atom. The monoisotopic (exact) mass is 238 g/mol. The number of nitrogens with two attached hydrogens (primary N) is 2. The van der Waals surface area contributed by atoms with Gasteiger partial charge in [-0.05, 0) is 0 Å². The second-order valence-electron chi connectivity index (χ2n) is 3.76. The fourth-order valence-electron chi connectivity index (χ4n) is 1.69. The van der Waals surface area contributed by atoms with Crippen LogP contribution in [0.1, 0.15) is 0 Å². The van der Waals surface area contributed by atoms with Crippen molar-refractivity contribution in [2.24, 2.45) is 0 Å². The molecule has 0 saturated heterocycles. The van der Waals surface area contributed by atoms with Crippen molar-refractivity contribution in [3.05, 3.63) is 36.5 Å². The van der Waals surface area contributed by atoms with E-state index in [2.05, 4.69) is 19.9 Å². The number of anilines is 2. The van der Waals surface area contributed by atoms with Gasteiger partial charge in [-0.1, -0.05) is 30.3 Å². The molecular weight excluding hydrogens is 228 g/mol. The normalized spacial score (nSPS) is 10.7. The Hall–Kier alpha value is -2.76. The molecule has 0 aliphatic carbocycles.